The van der Waals surface area contributed by atoms with Crippen molar-refractivity contribution in [2.24, 2.45) is 0 Å². The molecule has 1 heteroatoms. The summed E-state index contributed by atoms with van der Waals surface area (Å²) < 4.78 is 0. The average Bonchev–Trinajstić information content (AvgIpc) is 2.35. The normalized spacial score (nSPS) is 23.7. The maximum absolute atomic E-state index is 3.55. The summed E-state index contributed by atoms with van der Waals surface area (Å²) in [5, 5.41) is 3.55. The van der Waals surface area contributed by atoms with Crippen molar-refractivity contribution >= 4 is 0 Å². The van der Waals surface area contributed by atoms with Gasteiger partial charge in [-0.25, -0.2) is 0 Å². The Hall–Kier alpha value is -0.820. The lowest BCUT2D eigenvalue weighted by atomic mass is 9.82. The Labute approximate surface area is 98.3 Å². The number of hydrogen-bond acceptors (Lipinski definition) is 1. The number of rotatable bonds is 1. The first-order valence-corrected chi connectivity index (χ1v) is 6.73. The molecule has 16 heavy (non-hydrogen) atoms. The van der Waals surface area contributed by atoms with Gasteiger partial charge in [0.2, 0.25) is 0 Å². The molecule has 1 aromatic rings. The van der Waals surface area contributed by atoms with Crippen molar-refractivity contribution in [2.75, 3.05) is 6.54 Å². The first-order chi connectivity index (χ1) is 7.88. The Bertz CT molecular complexity index is 395. The van der Waals surface area contributed by atoms with Crippen LogP contribution in [0.4, 0.5) is 0 Å². The summed E-state index contributed by atoms with van der Waals surface area (Å²) >= 11 is 0. The van der Waals surface area contributed by atoms with Crippen LogP contribution in [0, 0.1) is 0 Å². The highest BCUT2D eigenvalue weighted by Gasteiger charge is 2.21. The van der Waals surface area contributed by atoms with Crippen molar-refractivity contribution < 1.29 is 0 Å². The highest BCUT2D eigenvalue weighted by Crippen LogP contribution is 2.32. The Morgan fingerprint density at radius 3 is 2.62 bits per heavy atom. The SMILES string of the molecule is CCC1CNCc2cc3c(cc21)CCCC3. The molecule has 0 spiro atoms. The molecule has 0 aromatic heterocycles. The lowest BCUT2D eigenvalue weighted by molar-refractivity contribution is 0.527. The van der Waals surface area contributed by atoms with Crippen molar-refractivity contribution in [1.82, 2.24) is 5.32 Å². The summed E-state index contributed by atoms with van der Waals surface area (Å²) in [6.07, 6.45) is 6.65. The molecule has 1 unspecified atom stereocenters. The van der Waals surface area contributed by atoms with Crippen LogP contribution in [-0.2, 0) is 19.4 Å². The van der Waals surface area contributed by atoms with Crippen LogP contribution in [0.3, 0.4) is 0 Å². The summed E-state index contributed by atoms with van der Waals surface area (Å²) in [5.41, 5.74) is 6.48. The predicted molar refractivity (Wildman–Crippen MR) is 67.8 cm³/mol. The fourth-order valence-electron chi connectivity index (χ4n) is 3.24. The maximum Gasteiger partial charge on any atom is 0.0208 e. The van der Waals surface area contributed by atoms with Gasteiger partial charge in [-0.2, -0.15) is 0 Å². The van der Waals surface area contributed by atoms with E-state index >= 15 is 0 Å². The lowest BCUT2D eigenvalue weighted by Crippen LogP contribution is -2.28. The fourth-order valence-corrected chi connectivity index (χ4v) is 3.24. The molecule has 0 saturated carbocycles. The van der Waals surface area contributed by atoms with Crippen molar-refractivity contribution in [1.29, 1.82) is 0 Å². The standard InChI is InChI=1S/C15H21N/c1-2-11-9-16-10-14-7-12-5-3-4-6-13(12)8-15(11)14/h7-8,11,16H,2-6,9-10H2,1H3. The molecule has 1 nitrogen and oxygen atoms in total. The zero-order valence-electron chi connectivity index (χ0n) is 10.2. The minimum atomic E-state index is 0.746. The van der Waals surface area contributed by atoms with Crippen LogP contribution in [0.15, 0.2) is 12.1 Å². The van der Waals surface area contributed by atoms with Crippen LogP contribution >= 0.6 is 0 Å². The topological polar surface area (TPSA) is 12.0 Å². The first-order valence-electron chi connectivity index (χ1n) is 6.73. The third-order valence-corrected chi connectivity index (χ3v) is 4.24. The Kier molecular flexibility index (Phi) is 2.72. The highest BCUT2D eigenvalue weighted by atomic mass is 14.9. The third kappa shape index (κ3) is 1.67. The average molecular weight is 215 g/mol. The van der Waals surface area contributed by atoms with Crippen LogP contribution in [0.2, 0.25) is 0 Å². The summed E-state index contributed by atoms with van der Waals surface area (Å²) in [7, 11) is 0. The molecule has 0 radical (unpaired) electrons. The number of nitrogens with one attached hydrogen (secondary N) is 1. The van der Waals surface area contributed by atoms with Gasteiger partial charge in [-0.3, -0.25) is 0 Å². The molecule has 1 aliphatic carbocycles. The zero-order valence-corrected chi connectivity index (χ0v) is 10.2. The molecule has 1 aromatic carbocycles. The van der Waals surface area contributed by atoms with Gasteiger partial charge in [-0.05, 0) is 60.3 Å². The van der Waals surface area contributed by atoms with Crippen LogP contribution < -0.4 is 5.32 Å². The quantitative estimate of drug-likeness (QED) is 0.758. The Balaban J connectivity index is 2.05. The van der Waals surface area contributed by atoms with E-state index in [1.807, 2.05) is 0 Å². The molecule has 2 aliphatic rings. The van der Waals surface area contributed by atoms with Gasteiger partial charge in [0.05, 0.1) is 0 Å². The van der Waals surface area contributed by atoms with E-state index in [-0.39, 0.29) is 0 Å². The molecule has 86 valence electrons. The molecular weight excluding hydrogens is 194 g/mol. The smallest absolute Gasteiger partial charge is 0.0208 e. The summed E-state index contributed by atoms with van der Waals surface area (Å²) in [5.74, 6) is 0.746. The van der Waals surface area contributed by atoms with Gasteiger partial charge in [-0.15, -0.1) is 0 Å². The molecule has 1 atom stereocenters. The van der Waals surface area contributed by atoms with E-state index in [0.29, 0.717) is 0 Å². The van der Waals surface area contributed by atoms with Crippen molar-refractivity contribution in [3.05, 3.63) is 34.4 Å². The van der Waals surface area contributed by atoms with Gasteiger partial charge < -0.3 is 5.32 Å². The monoisotopic (exact) mass is 215 g/mol. The van der Waals surface area contributed by atoms with E-state index in [0.717, 1.165) is 12.5 Å². The van der Waals surface area contributed by atoms with E-state index in [1.54, 1.807) is 22.3 Å². The number of benzene rings is 1. The summed E-state index contributed by atoms with van der Waals surface area (Å²) in [4.78, 5) is 0. The maximum atomic E-state index is 3.55. The molecule has 1 aliphatic heterocycles. The van der Waals surface area contributed by atoms with Crippen molar-refractivity contribution in [2.45, 2.75) is 51.5 Å². The van der Waals surface area contributed by atoms with Gasteiger partial charge in [0.15, 0.2) is 0 Å². The number of fused-ring (bicyclic) bond motifs is 2. The van der Waals surface area contributed by atoms with E-state index < -0.39 is 0 Å². The second-order valence-electron chi connectivity index (χ2n) is 5.26. The molecule has 0 saturated heterocycles. The largest absolute Gasteiger partial charge is 0.312 e. The molecule has 3 rings (SSSR count). The first kappa shape index (κ1) is 10.3. The summed E-state index contributed by atoms with van der Waals surface area (Å²) in [6.45, 7) is 4.56. The van der Waals surface area contributed by atoms with E-state index in [2.05, 4.69) is 24.4 Å². The summed E-state index contributed by atoms with van der Waals surface area (Å²) in [6, 6.07) is 5.01. The number of hydrogen-bond donors (Lipinski definition) is 1. The number of aryl methyl sites for hydroxylation is 2. The minimum Gasteiger partial charge on any atom is -0.312 e. The highest BCUT2D eigenvalue weighted by molar-refractivity contribution is 5.42. The van der Waals surface area contributed by atoms with Gasteiger partial charge in [0.25, 0.3) is 0 Å². The van der Waals surface area contributed by atoms with Crippen LogP contribution in [0.5, 0.6) is 0 Å². The lowest BCUT2D eigenvalue weighted by Gasteiger charge is -2.28. The third-order valence-electron chi connectivity index (χ3n) is 4.24. The molecule has 1 N–H and O–H groups in total. The van der Waals surface area contributed by atoms with Gasteiger partial charge in [0.1, 0.15) is 0 Å². The van der Waals surface area contributed by atoms with E-state index in [4.69, 9.17) is 0 Å². The van der Waals surface area contributed by atoms with E-state index in [9.17, 15) is 0 Å². The van der Waals surface area contributed by atoms with Crippen molar-refractivity contribution in [3.63, 3.8) is 0 Å². The van der Waals surface area contributed by atoms with Crippen molar-refractivity contribution in [3.8, 4) is 0 Å². The minimum absolute atomic E-state index is 0.746. The van der Waals surface area contributed by atoms with Crippen LogP contribution in [0.1, 0.15) is 54.4 Å². The zero-order chi connectivity index (χ0) is 11.0. The second-order valence-corrected chi connectivity index (χ2v) is 5.26. The molecule has 1 heterocycles. The molecule has 0 bridgehead atoms. The van der Waals surface area contributed by atoms with E-state index in [1.165, 1.54) is 38.6 Å². The van der Waals surface area contributed by atoms with Crippen LogP contribution in [-0.4, -0.2) is 6.54 Å². The molecular formula is C15H21N. The van der Waals surface area contributed by atoms with Crippen LogP contribution in [0.25, 0.3) is 0 Å². The second kappa shape index (κ2) is 4.21. The fraction of sp³-hybridized carbons (Fsp3) is 0.600. The van der Waals surface area contributed by atoms with Gasteiger partial charge >= 0.3 is 0 Å². The predicted octanol–water partition coefficient (Wildman–Crippen LogP) is 3.16. The Morgan fingerprint density at radius 1 is 1.12 bits per heavy atom. The molecule has 0 amide bonds. The van der Waals surface area contributed by atoms with Gasteiger partial charge in [-0.1, -0.05) is 19.1 Å². The molecule has 0 fully saturated rings. The van der Waals surface area contributed by atoms with Gasteiger partial charge in [0, 0.05) is 13.1 Å². The Morgan fingerprint density at radius 2 is 1.88 bits per heavy atom.